The average molecular weight is 323 g/mol. The summed E-state index contributed by atoms with van der Waals surface area (Å²) in [5.41, 5.74) is 7.30. The Morgan fingerprint density at radius 2 is 1.76 bits per heavy atom. The Labute approximate surface area is 116 Å². The van der Waals surface area contributed by atoms with Crippen molar-refractivity contribution in [3.63, 3.8) is 0 Å². The smallest absolute Gasteiger partial charge is 0.231 e. The lowest BCUT2D eigenvalue weighted by Crippen LogP contribution is -2.26. The predicted octanol–water partition coefficient (Wildman–Crippen LogP) is 3.65. The summed E-state index contributed by atoms with van der Waals surface area (Å²) in [6.45, 7) is 6.65. The first-order chi connectivity index (χ1) is 7.39. The number of fused-ring (bicyclic) bond motifs is 1. The standard InChI is InChI=1S/C12H16BrNO2.ClH/c1-12(2,3)11(14)7-4-9-10(5-8(7)13)16-6-15-9;/h4-5,11H,6,14H2,1-3H3;1H/t11-;/m1./s1. The van der Waals surface area contributed by atoms with Crippen molar-refractivity contribution in [3.8, 4) is 11.5 Å². The molecule has 2 rings (SSSR count). The number of ether oxygens (including phenoxy) is 2. The number of hydrogen-bond acceptors (Lipinski definition) is 3. The Hall–Kier alpha value is -0.450. The molecule has 0 amide bonds. The zero-order valence-corrected chi connectivity index (χ0v) is 12.5. The van der Waals surface area contributed by atoms with Crippen LogP contribution in [0.5, 0.6) is 11.5 Å². The lowest BCUT2D eigenvalue weighted by molar-refractivity contribution is 0.174. The second-order valence-electron chi connectivity index (χ2n) is 5.07. The van der Waals surface area contributed by atoms with E-state index in [9.17, 15) is 0 Å². The van der Waals surface area contributed by atoms with Crippen LogP contribution in [0.15, 0.2) is 16.6 Å². The van der Waals surface area contributed by atoms with Crippen LogP contribution in [0, 0.1) is 5.41 Å². The molecule has 3 nitrogen and oxygen atoms in total. The maximum atomic E-state index is 6.24. The van der Waals surface area contributed by atoms with Crippen molar-refractivity contribution in [2.45, 2.75) is 26.8 Å². The molecule has 0 saturated carbocycles. The Morgan fingerprint density at radius 1 is 1.24 bits per heavy atom. The summed E-state index contributed by atoms with van der Waals surface area (Å²) >= 11 is 3.53. The minimum atomic E-state index is -0.0450. The third kappa shape index (κ3) is 2.87. The molecule has 0 radical (unpaired) electrons. The van der Waals surface area contributed by atoms with Gasteiger partial charge in [0.1, 0.15) is 0 Å². The topological polar surface area (TPSA) is 44.5 Å². The van der Waals surface area contributed by atoms with Crippen LogP contribution < -0.4 is 15.2 Å². The van der Waals surface area contributed by atoms with Crippen molar-refractivity contribution in [2.24, 2.45) is 11.1 Å². The maximum absolute atomic E-state index is 6.24. The molecular weight excluding hydrogens is 305 g/mol. The van der Waals surface area contributed by atoms with Gasteiger partial charge < -0.3 is 15.2 Å². The third-order valence-corrected chi connectivity index (χ3v) is 3.45. The molecule has 0 unspecified atom stereocenters. The predicted molar refractivity (Wildman–Crippen MR) is 73.9 cm³/mol. The number of nitrogens with two attached hydrogens (primary N) is 1. The molecule has 1 heterocycles. The van der Waals surface area contributed by atoms with E-state index in [-0.39, 0.29) is 30.7 Å². The normalized spacial score (nSPS) is 15.4. The van der Waals surface area contributed by atoms with Crippen LogP contribution in [0.4, 0.5) is 0 Å². The SMILES string of the molecule is CC(C)(C)[C@H](N)c1cc2c(cc1Br)OCO2.Cl. The van der Waals surface area contributed by atoms with Gasteiger partial charge in [-0.2, -0.15) is 0 Å². The van der Waals surface area contributed by atoms with Crippen molar-refractivity contribution >= 4 is 28.3 Å². The van der Waals surface area contributed by atoms with E-state index in [2.05, 4.69) is 36.7 Å². The third-order valence-electron chi connectivity index (χ3n) is 2.76. The Bertz CT molecular complexity index is 418. The molecule has 1 atom stereocenters. The summed E-state index contributed by atoms with van der Waals surface area (Å²) in [6, 6.07) is 3.84. The summed E-state index contributed by atoms with van der Waals surface area (Å²) in [4.78, 5) is 0. The van der Waals surface area contributed by atoms with E-state index in [1.165, 1.54) is 0 Å². The van der Waals surface area contributed by atoms with E-state index in [0.717, 1.165) is 21.5 Å². The molecule has 2 N–H and O–H groups in total. The first-order valence-corrected chi connectivity index (χ1v) is 6.03. The lowest BCUT2D eigenvalue weighted by Gasteiger charge is -2.28. The van der Waals surface area contributed by atoms with Gasteiger partial charge in [-0.05, 0) is 23.1 Å². The van der Waals surface area contributed by atoms with Crippen molar-refractivity contribution in [1.82, 2.24) is 0 Å². The highest BCUT2D eigenvalue weighted by Crippen LogP contribution is 2.42. The van der Waals surface area contributed by atoms with Gasteiger partial charge in [0.25, 0.3) is 0 Å². The van der Waals surface area contributed by atoms with Crippen LogP contribution in [0.25, 0.3) is 0 Å². The maximum Gasteiger partial charge on any atom is 0.231 e. The molecule has 0 bridgehead atoms. The molecule has 5 heteroatoms. The van der Waals surface area contributed by atoms with Gasteiger partial charge in [-0.25, -0.2) is 0 Å². The molecule has 0 aromatic heterocycles. The van der Waals surface area contributed by atoms with Crippen LogP contribution in [-0.4, -0.2) is 6.79 Å². The summed E-state index contributed by atoms with van der Waals surface area (Å²) in [5.74, 6) is 1.55. The first-order valence-electron chi connectivity index (χ1n) is 5.24. The van der Waals surface area contributed by atoms with Crippen LogP contribution >= 0.6 is 28.3 Å². The van der Waals surface area contributed by atoms with Crippen molar-refractivity contribution in [2.75, 3.05) is 6.79 Å². The van der Waals surface area contributed by atoms with E-state index in [0.29, 0.717) is 0 Å². The second-order valence-corrected chi connectivity index (χ2v) is 5.93. The number of hydrogen-bond donors (Lipinski definition) is 1. The fraction of sp³-hybridized carbons (Fsp3) is 0.500. The van der Waals surface area contributed by atoms with E-state index in [1.54, 1.807) is 0 Å². The fourth-order valence-corrected chi connectivity index (χ4v) is 2.21. The molecule has 0 aliphatic carbocycles. The zero-order chi connectivity index (χ0) is 11.9. The van der Waals surface area contributed by atoms with Crippen LogP contribution in [0.3, 0.4) is 0 Å². The van der Waals surface area contributed by atoms with Crippen molar-refractivity contribution in [3.05, 3.63) is 22.2 Å². The molecule has 0 saturated heterocycles. The van der Waals surface area contributed by atoms with Crippen LogP contribution in [-0.2, 0) is 0 Å². The molecule has 1 aliphatic heterocycles. The lowest BCUT2D eigenvalue weighted by atomic mass is 9.83. The van der Waals surface area contributed by atoms with Crippen molar-refractivity contribution < 1.29 is 9.47 Å². The van der Waals surface area contributed by atoms with Gasteiger partial charge in [0.2, 0.25) is 6.79 Å². The fourth-order valence-electron chi connectivity index (χ4n) is 1.64. The highest BCUT2D eigenvalue weighted by atomic mass is 79.9. The summed E-state index contributed by atoms with van der Waals surface area (Å²) in [6.07, 6.45) is 0. The van der Waals surface area contributed by atoms with Crippen LogP contribution in [0.1, 0.15) is 32.4 Å². The summed E-state index contributed by atoms with van der Waals surface area (Å²) in [5, 5.41) is 0. The number of halogens is 2. The molecule has 0 spiro atoms. The molecule has 1 aromatic carbocycles. The first kappa shape index (κ1) is 14.6. The Kier molecular flexibility index (Phi) is 4.33. The Balaban J connectivity index is 0.00000144. The molecule has 1 aromatic rings. The van der Waals surface area contributed by atoms with Gasteiger partial charge in [0, 0.05) is 10.5 Å². The van der Waals surface area contributed by atoms with Gasteiger partial charge in [0.05, 0.1) is 0 Å². The molecule has 17 heavy (non-hydrogen) atoms. The van der Waals surface area contributed by atoms with E-state index < -0.39 is 0 Å². The van der Waals surface area contributed by atoms with Crippen LogP contribution in [0.2, 0.25) is 0 Å². The summed E-state index contributed by atoms with van der Waals surface area (Å²) in [7, 11) is 0. The Morgan fingerprint density at radius 3 is 2.29 bits per heavy atom. The highest BCUT2D eigenvalue weighted by molar-refractivity contribution is 9.10. The zero-order valence-electron chi connectivity index (χ0n) is 10.1. The second kappa shape index (κ2) is 5.04. The minimum Gasteiger partial charge on any atom is -0.454 e. The monoisotopic (exact) mass is 321 g/mol. The highest BCUT2D eigenvalue weighted by Gasteiger charge is 2.26. The molecule has 96 valence electrons. The molecular formula is C12H17BrClNO2. The van der Waals surface area contributed by atoms with Gasteiger partial charge in [-0.1, -0.05) is 36.7 Å². The average Bonchev–Trinajstić information content (AvgIpc) is 2.60. The van der Waals surface area contributed by atoms with Gasteiger partial charge in [0.15, 0.2) is 11.5 Å². The van der Waals surface area contributed by atoms with E-state index >= 15 is 0 Å². The summed E-state index contributed by atoms with van der Waals surface area (Å²) < 4.78 is 11.6. The number of benzene rings is 1. The van der Waals surface area contributed by atoms with Gasteiger partial charge in [-0.15, -0.1) is 12.4 Å². The molecule has 0 fully saturated rings. The molecule has 1 aliphatic rings. The quantitative estimate of drug-likeness (QED) is 0.858. The largest absolute Gasteiger partial charge is 0.454 e. The van der Waals surface area contributed by atoms with E-state index in [4.69, 9.17) is 15.2 Å². The van der Waals surface area contributed by atoms with Crippen molar-refractivity contribution in [1.29, 1.82) is 0 Å². The van der Waals surface area contributed by atoms with Gasteiger partial charge in [-0.3, -0.25) is 0 Å². The number of rotatable bonds is 1. The van der Waals surface area contributed by atoms with Gasteiger partial charge >= 0.3 is 0 Å². The minimum absolute atomic E-state index is 0. The van der Waals surface area contributed by atoms with E-state index in [1.807, 2.05) is 12.1 Å².